The number of ether oxygens (including phenoxy) is 1. The molecule has 126 valence electrons. The molecular weight excluding hydrogens is 310 g/mol. The average molecular weight is 329 g/mol. The zero-order valence-corrected chi connectivity index (χ0v) is 13.5. The lowest BCUT2D eigenvalue weighted by molar-refractivity contribution is -0.385. The van der Waals surface area contributed by atoms with Crippen molar-refractivity contribution in [2.45, 2.75) is 13.3 Å². The standard InChI is InChI=1S/C17H19N3O4/c1-12-7-8-14(11-15(12)20(22)23)19-17(21)18-10-9-13-5-3-4-6-16(13)24-2/h3-8,11H,9-10H2,1-2H3,(H2,18,19,21). The molecule has 0 fully saturated rings. The number of nitrogens with zero attached hydrogens (tertiary/aromatic N) is 1. The topological polar surface area (TPSA) is 93.5 Å². The number of nitro groups is 1. The molecule has 0 aliphatic carbocycles. The number of anilines is 1. The van der Waals surface area contributed by atoms with Gasteiger partial charge in [-0.15, -0.1) is 0 Å². The second kappa shape index (κ2) is 7.96. The largest absolute Gasteiger partial charge is 0.496 e. The number of nitrogens with one attached hydrogen (secondary N) is 2. The number of hydrogen-bond acceptors (Lipinski definition) is 4. The Balaban J connectivity index is 1.90. The van der Waals surface area contributed by atoms with Crippen molar-refractivity contribution in [1.82, 2.24) is 5.32 Å². The first-order valence-corrected chi connectivity index (χ1v) is 7.43. The summed E-state index contributed by atoms with van der Waals surface area (Å²) in [5.74, 6) is 0.772. The van der Waals surface area contributed by atoms with Gasteiger partial charge in [0.15, 0.2) is 0 Å². The molecule has 2 aromatic carbocycles. The van der Waals surface area contributed by atoms with E-state index in [9.17, 15) is 14.9 Å². The second-order valence-electron chi connectivity index (χ2n) is 5.20. The van der Waals surface area contributed by atoms with Crippen molar-refractivity contribution in [2.75, 3.05) is 19.0 Å². The molecule has 2 amide bonds. The lowest BCUT2D eigenvalue weighted by Crippen LogP contribution is -2.30. The average Bonchev–Trinajstić information content (AvgIpc) is 2.56. The number of nitro benzene ring substituents is 1. The minimum Gasteiger partial charge on any atom is -0.496 e. The molecule has 0 radical (unpaired) electrons. The third-order valence-electron chi connectivity index (χ3n) is 3.54. The van der Waals surface area contributed by atoms with E-state index in [1.165, 1.54) is 6.07 Å². The Labute approximate surface area is 139 Å². The summed E-state index contributed by atoms with van der Waals surface area (Å²) in [7, 11) is 1.60. The van der Waals surface area contributed by atoms with Gasteiger partial charge in [-0.25, -0.2) is 4.79 Å². The number of carbonyl (C=O) groups is 1. The Morgan fingerprint density at radius 3 is 2.71 bits per heavy atom. The third-order valence-corrected chi connectivity index (χ3v) is 3.54. The van der Waals surface area contributed by atoms with Crippen LogP contribution in [-0.2, 0) is 6.42 Å². The van der Waals surface area contributed by atoms with Gasteiger partial charge in [0.1, 0.15) is 5.75 Å². The SMILES string of the molecule is COc1ccccc1CCNC(=O)Nc1ccc(C)c([N+](=O)[O-])c1. The molecule has 0 saturated heterocycles. The lowest BCUT2D eigenvalue weighted by atomic mass is 10.1. The van der Waals surface area contributed by atoms with E-state index in [-0.39, 0.29) is 5.69 Å². The molecule has 0 atom stereocenters. The molecule has 0 heterocycles. The molecular formula is C17H19N3O4. The van der Waals surface area contributed by atoms with E-state index in [1.54, 1.807) is 26.2 Å². The fourth-order valence-corrected chi connectivity index (χ4v) is 2.28. The number of benzene rings is 2. The zero-order chi connectivity index (χ0) is 17.5. The van der Waals surface area contributed by atoms with E-state index in [0.29, 0.717) is 24.2 Å². The van der Waals surface area contributed by atoms with Crippen molar-refractivity contribution in [1.29, 1.82) is 0 Å². The first-order chi connectivity index (χ1) is 11.5. The molecule has 2 aromatic rings. The van der Waals surface area contributed by atoms with Gasteiger partial charge in [-0.1, -0.05) is 24.3 Å². The number of para-hydroxylation sites is 1. The first-order valence-electron chi connectivity index (χ1n) is 7.43. The van der Waals surface area contributed by atoms with Crippen molar-refractivity contribution >= 4 is 17.4 Å². The predicted octanol–water partition coefficient (Wildman–Crippen LogP) is 3.28. The van der Waals surface area contributed by atoms with Crippen molar-refractivity contribution in [3.8, 4) is 5.75 Å². The molecule has 7 nitrogen and oxygen atoms in total. The number of hydrogen-bond donors (Lipinski definition) is 2. The van der Waals surface area contributed by atoms with Gasteiger partial charge < -0.3 is 15.4 Å². The van der Waals surface area contributed by atoms with Crippen LogP contribution < -0.4 is 15.4 Å². The summed E-state index contributed by atoms with van der Waals surface area (Å²) in [6, 6.07) is 11.7. The Morgan fingerprint density at radius 1 is 1.25 bits per heavy atom. The maximum atomic E-state index is 11.9. The fraction of sp³-hybridized carbons (Fsp3) is 0.235. The van der Waals surface area contributed by atoms with Crippen molar-refractivity contribution < 1.29 is 14.5 Å². The van der Waals surface area contributed by atoms with Crippen LogP contribution in [0.25, 0.3) is 0 Å². The number of methoxy groups -OCH3 is 1. The highest BCUT2D eigenvalue weighted by atomic mass is 16.6. The molecule has 0 aliphatic heterocycles. The van der Waals surface area contributed by atoms with E-state index in [1.807, 2.05) is 24.3 Å². The zero-order valence-electron chi connectivity index (χ0n) is 13.5. The molecule has 7 heteroatoms. The van der Waals surface area contributed by atoms with Crippen molar-refractivity contribution in [3.05, 3.63) is 63.7 Å². The van der Waals surface area contributed by atoms with Gasteiger partial charge in [-0.2, -0.15) is 0 Å². The molecule has 0 unspecified atom stereocenters. The Morgan fingerprint density at radius 2 is 2.00 bits per heavy atom. The smallest absolute Gasteiger partial charge is 0.319 e. The van der Waals surface area contributed by atoms with Crippen molar-refractivity contribution in [3.63, 3.8) is 0 Å². The molecule has 0 saturated carbocycles. The summed E-state index contributed by atoms with van der Waals surface area (Å²) in [6.07, 6.45) is 0.617. The lowest BCUT2D eigenvalue weighted by Gasteiger charge is -2.10. The van der Waals surface area contributed by atoms with Gasteiger partial charge in [-0.05, 0) is 31.0 Å². The van der Waals surface area contributed by atoms with Gasteiger partial charge in [-0.3, -0.25) is 10.1 Å². The molecule has 24 heavy (non-hydrogen) atoms. The monoisotopic (exact) mass is 329 g/mol. The highest BCUT2D eigenvalue weighted by Crippen LogP contribution is 2.22. The maximum absolute atomic E-state index is 11.9. The van der Waals surface area contributed by atoms with E-state index in [0.717, 1.165) is 11.3 Å². The summed E-state index contributed by atoms with van der Waals surface area (Å²) in [4.78, 5) is 22.3. The Hall–Kier alpha value is -3.09. The minimum atomic E-state index is -0.472. The molecule has 2 rings (SSSR count). The van der Waals surface area contributed by atoms with Crippen LogP contribution in [0.15, 0.2) is 42.5 Å². The summed E-state index contributed by atoms with van der Waals surface area (Å²) < 4.78 is 5.25. The van der Waals surface area contributed by atoms with Crippen LogP contribution in [0, 0.1) is 17.0 Å². The molecule has 0 aliphatic rings. The van der Waals surface area contributed by atoms with E-state index >= 15 is 0 Å². The second-order valence-corrected chi connectivity index (χ2v) is 5.20. The summed E-state index contributed by atoms with van der Waals surface area (Å²) >= 11 is 0. The van der Waals surface area contributed by atoms with Crippen LogP contribution in [-0.4, -0.2) is 24.6 Å². The van der Waals surface area contributed by atoms with Gasteiger partial charge in [0, 0.05) is 23.9 Å². The number of rotatable bonds is 6. The molecule has 0 spiro atoms. The van der Waals surface area contributed by atoms with Crippen LogP contribution in [0.5, 0.6) is 5.75 Å². The third kappa shape index (κ3) is 4.45. The number of urea groups is 1. The Bertz CT molecular complexity index is 746. The normalized spacial score (nSPS) is 10.1. The van der Waals surface area contributed by atoms with Crippen LogP contribution in [0.1, 0.15) is 11.1 Å². The fourth-order valence-electron chi connectivity index (χ4n) is 2.28. The van der Waals surface area contributed by atoms with E-state index < -0.39 is 11.0 Å². The summed E-state index contributed by atoms with van der Waals surface area (Å²) in [5, 5.41) is 16.2. The van der Waals surface area contributed by atoms with Gasteiger partial charge in [0.25, 0.3) is 5.69 Å². The van der Waals surface area contributed by atoms with Crippen molar-refractivity contribution in [2.24, 2.45) is 0 Å². The number of aryl methyl sites for hydroxylation is 1. The summed E-state index contributed by atoms with van der Waals surface area (Å²) in [6.45, 7) is 2.06. The van der Waals surface area contributed by atoms with E-state index in [4.69, 9.17) is 4.74 Å². The maximum Gasteiger partial charge on any atom is 0.319 e. The van der Waals surface area contributed by atoms with Crippen LogP contribution >= 0.6 is 0 Å². The first kappa shape index (κ1) is 17.3. The summed E-state index contributed by atoms with van der Waals surface area (Å²) in [5.41, 5.74) is 1.89. The van der Waals surface area contributed by atoms with Crippen LogP contribution in [0.4, 0.5) is 16.2 Å². The van der Waals surface area contributed by atoms with Gasteiger partial charge in [0.2, 0.25) is 0 Å². The molecule has 0 bridgehead atoms. The molecule has 0 aromatic heterocycles. The minimum absolute atomic E-state index is 0.0261. The van der Waals surface area contributed by atoms with Crippen LogP contribution in [0.3, 0.4) is 0 Å². The van der Waals surface area contributed by atoms with Gasteiger partial charge >= 0.3 is 6.03 Å². The van der Waals surface area contributed by atoms with E-state index in [2.05, 4.69) is 10.6 Å². The van der Waals surface area contributed by atoms with Gasteiger partial charge in [0.05, 0.1) is 12.0 Å². The number of amides is 2. The number of carbonyl (C=O) groups excluding carboxylic acids is 1. The van der Waals surface area contributed by atoms with Crippen LogP contribution in [0.2, 0.25) is 0 Å². The predicted molar refractivity (Wildman–Crippen MR) is 91.6 cm³/mol. The quantitative estimate of drug-likeness (QED) is 0.628. The Kier molecular flexibility index (Phi) is 5.73. The highest BCUT2D eigenvalue weighted by Gasteiger charge is 2.12. The molecule has 2 N–H and O–H groups in total. The highest BCUT2D eigenvalue weighted by molar-refractivity contribution is 5.89.